The van der Waals surface area contributed by atoms with Gasteiger partial charge in [-0.15, -0.1) is 0 Å². The maximum atomic E-state index is 12.7. The van der Waals surface area contributed by atoms with Crippen molar-refractivity contribution < 1.29 is 17.9 Å². The monoisotopic (exact) mass is 419 g/mol. The highest BCUT2D eigenvalue weighted by molar-refractivity contribution is 7.89. The molecule has 0 saturated heterocycles. The van der Waals surface area contributed by atoms with Crippen LogP contribution in [0.25, 0.3) is 10.2 Å². The Labute approximate surface area is 167 Å². The lowest BCUT2D eigenvalue weighted by Crippen LogP contribution is -2.20. The van der Waals surface area contributed by atoms with E-state index >= 15 is 0 Å². The van der Waals surface area contributed by atoms with E-state index in [-0.39, 0.29) is 10.8 Å². The Bertz CT molecular complexity index is 1190. The van der Waals surface area contributed by atoms with Crippen molar-refractivity contribution in [2.24, 2.45) is 10.1 Å². The Balaban J connectivity index is 2.14. The maximum absolute atomic E-state index is 12.7. The van der Waals surface area contributed by atoms with Crippen LogP contribution in [0.3, 0.4) is 0 Å². The quantitative estimate of drug-likeness (QED) is 0.620. The van der Waals surface area contributed by atoms with Gasteiger partial charge in [-0.3, -0.25) is 4.79 Å². The SMILES string of the molecule is CCOCCn1c(=NC(=O)c2ccccc2C)sc2cc(S(N)(=O)=O)ccc21. The maximum Gasteiger partial charge on any atom is 0.279 e. The zero-order chi connectivity index (χ0) is 20.3. The third-order valence-electron chi connectivity index (χ3n) is 4.22. The first kappa shape index (κ1) is 20.4. The van der Waals surface area contributed by atoms with Gasteiger partial charge in [0.05, 0.1) is 21.7 Å². The van der Waals surface area contributed by atoms with E-state index in [1.165, 1.54) is 23.5 Å². The lowest BCUT2D eigenvalue weighted by atomic mass is 10.1. The molecule has 2 N–H and O–H groups in total. The van der Waals surface area contributed by atoms with Crippen molar-refractivity contribution in [3.05, 3.63) is 58.4 Å². The number of aryl methyl sites for hydroxylation is 1. The molecule has 0 bridgehead atoms. The molecule has 2 aromatic carbocycles. The van der Waals surface area contributed by atoms with Crippen LogP contribution in [0.5, 0.6) is 0 Å². The number of carbonyl (C=O) groups is 1. The summed E-state index contributed by atoms with van der Waals surface area (Å²) in [7, 11) is -3.82. The summed E-state index contributed by atoms with van der Waals surface area (Å²) in [6.45, 7) is 5.28. The van der Waals surface area contributed by atoms with E-state index in [1.807, 2.05) is 30.5 Å². The van der Waals surface area contributed by atoms with Gasteiger partial charge in [-0.1, -0.05) is 29.5 Å². The number of amides is 1. The minimum absolute atomic E-state index is 0.0231. The molecule has 0 saturated carbocycles. The van der Waals surface area contributed by atoms with Crippen molar-refractivity contribution >= 4 is 37.5 Å². The predicted molar refractivity (Wildman–Crippen MR) is 109 cm³/mol. The number of nitrogens with zero attached hydrogens (tertiary/aromatic N) is 2. The van der Waals surface area contributed by atoms with Crippen molar-refractivity contribution in [3.8, 4) is 0 Å². The number of hydrogen-bond donors (Lipinski definition) is 1. The Morgan fingerprint density at radius 3 is 2.68 bits per heavy atom. The summed E-state index contributed by atoms with van der Waals surface area (Å²) < 4.78 is 31.3. The normalized spacial score (nSPS) is 12.6. The average molecular weight is 420 g/mol. The second-order valence-corrected chi connectivity index (χ2v) is 8.71. The van der Waals surface area contributed by atoms with Crippen molar-refractivity contribution in [3.63, 3.8) is 0 Å². The molecule has 0 aliphatic carbocycles. The number of thiazole rings is 1. The van der Waals surface area contributed by atoms with Crippen LogP contribution < -0.4 is 9.94 Å². The molecule has 1 heterocycles. The highest BCUT2D eigenvalue weighted by atomic mass is 32.2. The van der Waals surface area contributed by atoms with Crippen LogP contribution in [-0.2, 0) is 21.3 Å². The van der Waals surface area contributed by atoms with Gasteiger partial charge in [0.25, 0.3) is 5.91 Å². The summed E-state index contributed by atoms with van der Waals surface area (Å²) in [6.07, 6.45) is 0. The van der Waals surface area contributed by atoms with E-state index in [9.17, 15) is 13.2 Å². The molecular weight excluding hydrogens is 398 g/mol. The van der Waals surface area contributed by atoms with E-state index in [0.717, 1.165) is 11.1 Å². The smallest absolute Gasteiger partial charge is 0.279 e. The molecule has 148 valence electrons. The molecule has 3 aromatic rings. The van der Waals surface area contributed by atoms with Crippen LogP contribution in [0.15, 0.2) is 52.4 Å². The highest BCUT2D eigenvalue weighted by Crippen LogP contribution is 2.21. The summed E-state index contributed by atoms with van der Waals surface area (Å²) in [5, 5.41) is 5.24. The number of hydrogen-bond acceptors (Lipinski definition) is 5. The van der Waals surface area contributed by atoms with Crippen molar-refractivity contribution in [1.29, 1.82) is 0 Å². The third-order valence-corrected chi connectivity index (χ3v) is 6.17. The van der Waals surface area contributed by atoms with E-state index in [0.29, 0.717) is 34.8 Å². The molecular formula is C19H21N3O4S2. The van der Waals surface area contributed by atoms with Gasteiger partial charge in [-0.05, 0) is 43.7 Å². The zero-order valence-corrected chi connectivity index (χ0v) is 17.2. The van der Waals surface area contributed by atoms with Crippen LogP contribution in [-0.4, -0.2) is 32.1 Å². The number of primary sulfonamides is 1. The number of nitrogens with two attached hydrogens (primary N) is 1. The first-order valence-corrected chi connectivity index (χ1v) is 11.1. The molecule has 0 radical (unpaired) electrons. The molecule has 3 rings (SSSR count). The summed E-state index contributed by atoms with van der Waals surface area (Å²) in [5.41, 5.74) is 2.14. The standard InChI is InChI=1S/C19H21N3O4S2/c1-3-26-11-10-22-16-9-8-14(28(20,24)25)12-17(16)27-19(22)21-18(23)15-7-5-4-6-13(15)2/h4-9,12H,3,10-11H2,1-2H3,(H2,20,24,25). The van der Waals surface area contributed by atoms with Crippen LogP contribution in [0.4, 0.5) is 0 Å². The molecule has 0 atom stereocenters. The predicted octanol–water partition coefficient (Wildman–Crippen LogP) is 2.44. The number of ether oxygens (including phenoxy) is 1. The van der Waals surface area contributed by atoms with Crippen molar-refractivity contribution in [2.45, 2.75) is 25.3 Å². The number of benzene rings is 2. The lowest BCUT2D eigenvalue weighted by molar-refractivity contribution is 0.0996. The van der Waals surface area contributed by atoms with Crippen LogP contribution in [0.2, 0.25) is 0 Å². The second kappa shape index (κ2) is 8.36. The van der Waals surface area contributed by atoms with Crippen LogP contribution in [0, 0.1) is 6.92 Å². The second-order valence-electron chi connectivity index (χ2n) is 6.14. The molecule has 0 fully saturated rings. The lowest BCUT2D eigenvalue weighted by Gasteiger charge is -2.06. The van der Waals surface area contributed by atoms with Gasteiger partial charge in [-0.25, -0.2) is 13.6 Å². The summed E-state index contributed by atoms with van der Waals surface area (Å²) in [5.74, 6) is -0.346. The van der Waals surface area contributed by atoms with Gasteiger partial charge < -0.3 is 9.30 Å². The van der Waals surface area contributed by atoms with Crippen LogP contribution >= 0.6 is 11.3 Å². The van der Waals surface area contributed by atoms with Gasteiger partial charge in [0.2, 0.25) is 10.0 Å². The zero-order valence-electron chi connectivity index (χ0n) is 15.6. The fourth-order valence-electron chi connectivity index (χ4n) is 2.79. The van der Waals surface area contributed by atoms with Gasteiger partial charge in [-0.2, -0.15) is 4.99 Å². The van der Waals surface area contributed by atoms with Crippen molar-refractivity contribution in [2.75, 3.05) is 13.2 Å². The number of rotatable bonds is 6. The molecule has 1 aromatic heterocycles. The molecule has 9 heteroatoms. The Morgan fingerprint density at radius 2 is 2.00 bits per heavy atom. The van der Waals surface area contributed by atoms with Gasteiger partial charge >= 0.3 is 0 Å². The van der Waals surface area contributed by atoms with Crippen LogP contribution in [0.1, 0.15) is 22.8 Å². The molecule has 28 heavy (non-hydrogen) atoms. The molecule has 0 aliphatic heterocycles. The molecule has 0 aliphatic rings. The van der Waals surface area contributed by atoms with Gasteiger partial charge in [0.15, 0.2) is 4.80 Å². The fraction of sp³-hybridized carbons (Fsp3) is 0.263. The molecule has 1 amide bonds. The Kier molecular flexibility index (Phi) is 6.09. The third kappa shape index (κ3) is 4.39. The molecule has 7 nitrogen and oxygen atoms in total. The van der Waals surface area contributed by atoms with E-state index in [4.69, 9.17) is 9.88 Å². The number of fused-ring (bicyclic) bond motifs is 1. The van der Waals surface area contributed by atoms with E-state index in [2.05, 4.69) is 4.99 Å². The number of carbonyl (C=O) groups excluding carboxylic acids is 1. The number of sulfonamides is 1. The molecule has 0 spiro atoms. The minimum Gasteiger partial charge on any atom is -0.380 e. The summed E-state index contributed by atoms with van der Waals surface area (Å²) in [4.78, 5) is 17.5. The summed E-state index contributed by atoms with van der Waals surface area (Å²) >= 11 is 1.24. The van der Waals surface area contributed by atoms with Gasteiger partial charge in [0.1, 0.15) is 0 Å². The van der Waals surface area contributed by atoms with E-state index in [1.54, 1.807) is 18.2 Å². The topological polar surface area (TPSA) is 104 Å². The summed E-state index contributed by atoms with van der Waals surface area (Å²) in [6, 6.07) is 11.9. The fourth-order valence-corrected chi connectivity index (χ4v) is 4.50. The minimum atomic E-state index is -3.82. The Hall–Kier alpha value is -2.33. The molecule has 0 unspecified atom stereocenters. The van der Waals surface area contributed by atoms with Gasteiger partial charge in [0, 0.05) is 18.7 Å². The highest BCUT2D eigenvalue weighted by Gasteiger charge is 2.14. The van der Waals surface area contributed by atoms with Crippen molar-refractivity contribution in [1.82, 2.24) is 4.57 Å². The van der Waals surface area contributed by atoms with E-state index < -0.39 is 10.0 Å². The number of aromatic nitrogens is 1. The Morgan fingerprint density at radius 1 is 1.25 bits per heavy atom. The first-order valence-electron chi connectivity index (χ1n) is 8.70. The average Bonchev–Trinajstić information content (AvgIpc) is 2.98. The largest absolute Gasteiger partial charge is 0.380 e. The first-order chi connectivity index (χ1) is 13.3.